The van der Waals surface area contributed by atoms with Gasteiger partial charge < -0.3 is 18.5 Å². The van der Waals surface area contributed by atoms with Crippen molar-refractivity contribution in [2.24, 2.45) is 0 Å². The first kappa shape index (κ1) is 29.4. The predicted octanol–water partition coefficient (Wildman–Crippen LogP) is 3.75. The molecule has 2 aromatic rings. The number of benzene rings is 1. The lowest BCUT2D eigenvalue weighted by molar-refractivity contribution is -0.166. The van der Waals surface area contributed by atoms with Crippen LogP contribution in [0.4, 0.5) is 8.78 Å². The standard InChI is InChI=1S/C22H27ClF2N3O7PS/c1-13(2)33-19(30)14(3)27-36(37,35-15-7-5-4-6-8-15)32-12-22(20(24)25)10-9-17(34-22)28-11-16(23)18(29)26-21(28)31/h4-8,11,13-14,17,20H,9-10,12H2,1-3H3,(H,27,37)(H,26,29,31)/t14-,17+,22-,36?/m0/s1. The molecule has 2 N–H and O–H groups in total. The summed E-state index contributed by atoms with van der Waals surface area (Å²) in [5.41, 5.74) is -3.82. The van der Waals surface area contributed by atoms with Crippen molar-refractivity contribution in [3.63, 3.8) is 0 Å². The highest BCUT2D eigenvalue weighted by Crippen LogP contribution is 2.49. The van der Waals surface area contributed by atoms with Crippen LogP contribution in [-0.4, -0.2) is 46.3 Å². The highest BCUT2D eigenvalue weighted by atomic mass is 35.5. The molecule has 1 saturated heterocycles. The number of rotatable bonds is 11. The SMILES string of the molecule is CC(C)OC(=O)[C@H](C)NP(=S)(OC[C@]1(C(F)F)CC[C@H](n2cc(Cl)c(=O)[nH]c2=O)O1)Oc1ccccc1. The first-order valence-electron chi connectivity index (χ1n) is 11.3. The fourth-order valence-electron chi connectivity index (χ4n) is 3.49. The second-order valence-electron chi connectivity index (χ2n) is 8.63. The summed E-state index contributed by atoms with van der Waals surface area (Å²) in [5.74, 6) is -0.326. The zero-order valence-corrected chi connectivity index (χ0v) is 22.7. The molecule has 1 aromatic heterocycles. The van der Waals surface area contributed by atoms with E-state index in [0.29, 0.717) is 5.75 Å². The first-order chi connectivity index (χ1) is 17.3. The zero-order valence-electron chi connectivity index (χ0n) is 20.2. The number of nitrogens with one attached hydrogen (secondary N) is 2. The molecule has 1 unspecified atom stereocenters. The molecule has 204 valence electrons. The van der Waals surface area contributed by atoms with Gasteiger partial charge in [-0.1, -0.05) is 29.8 Å². The zero-order chi connectivity index (χ0) is 27.4. The molecule has 3 rings (SSSR count). The largest absolute Gasteiger partial charge is 0.462 e. The van der Waals surface area contributed by atoms with Gasteiger partial charge in [0.25, 0.3) is 12.0 Å². The number of H-pyrrole nitrogens is 1. The van der Waals surface area contributed by atoms with Crippen LogP contribution in [0.5, 0.6) is 5.75 Å². The van der Waals surface area contributed by atoms with Crippen LogP contribution in [0.2, 0.25) is 5.02 Å². The molecule has 37 heavy (non-hydrogen) atoms. The minimum Gasteiger partial charge on any atom is -0.462 e. The quantitative estimate of drug-likeness (QED) is 0.302. The van der Waals surface area contributed by atoms with Gasteiger partial charge in [-0.15, -0.1) is 0 Å². The van der Waals surface area contributed by atoms with Crippen LogP contribution in [0, 0.1) is 0 Å². The maximum atomic E-state index is 14.3. The van der Waals surface area contributed by atoms with Crippen molar-refractivity contribution in [3.8, 4) is 5.75 Å². The topological polar surface area (TPSA) is 121 Å². The number of esters is 1. The summed E-state index contributed by atoms with van der Waals surface area (Å²) in [4.78, 5) is 38.1. The Morgan fingerprint density at radius 2 is 2.00 bits per heavy atom. The maximum absolute atomic E-state index is 14.3. The van der Waals surface area contributed by atoms with Gasteiger partial charge in [0.15, 0.2) is 5.60 Å². The molecule has 0 spiro atoms. The molecular formula is C22H27ClF2N3O7PS. The van der Waals surface area contributed by atoms with Crippen molar-refractivity contribution in [2.75, 3.05) is 6.61 Å². The fourth-order valence-corrected chi connectivity index (χ4v) is 6.08. The molecule has 1 aliphatic heterocycles. The summed E-state index contributed by atoms with van der Waals surface area (Å²) < 4.78 is 52.0. The van der Waals surface area contributed by atoms with Crippen LogP contribution in [-0.2, 0) is 30.6 Å². The van der Waals surface area contributed by atoms with Gasteiger partial charge in [-0.25, -0.2) is 18.7 Å². The van der Waals surface area contributed by atoms with Gasteiger partial charge >= 0.3 is 18.3 Å². The third-order valence-electron chi connectivity index (χ3n) is 5.32. The highest BCUT2D eigenvalue weighted by Gasteiger charge is 2.50. The molecule has 1 aromatic carbocycles. The van der Waals surface area contributed by atoms with Gasteiger partial charge in [-0.2, -0.15) is 0 Å². The summed E-state index contributed by atoms with van der Waals surface area (Å²) in [6.45, 7) is 0.520. The van der Waals surface area contributed by atoms with Crippen LogP contribution in [0.15, 0.2) is 46.1 Å². The van der Waals surface area contributed by atoms with Crippen molar-refractivity contribution >= 4 is 36.0 Å². The van der Waals surface area contributed by atoms with E-state index in [1.807, 2.05) is 4.98 Å². The Kier molecular flexibility index (Phi) is 9.65. The van der Waals surface area contributed by atoms with E-state index < -0.39 is 54.8 Å². The predicted molar refractivity (Wildman–Crippen MR) is 136 cm³/mol. The van der Waals surface area contributed by atoms with Crippen molar-refractivity contribution in [1.29, 1.82) is 0 Å². The van der Waals surface area contributed by atoms with E-state index in [0.717, 1.165) is 10.8 Å². The molecule has 0 saturated carbocycles. The lowest BCUT2D eigenvalue weighted by Crippen LogP contribution is -2.44. The van der Waals surface area contributed by atoms with Crippen LogP contribution in [0.1, 0.15) is 39.8 Å². The molecule has 2 heterocycles. The Morgan fingerprint density at radius 3 is 2.62 bits per heavy atom. The number of alkyl halides is 2. The number of hydrogen-bond donors (Lipinski definition) is 2. The second kappa shape index (κ2) is 12.1. The van der Waals surface area contributed by atoms with E-state index in [2.05, 4.69) is 5.09 Å². The van der Waals surface area contributed by atoms with Crippen molar-refractivity contribution < 1.29 is 32.1 Å². The normalized spacial score (nSPS) is 22.1. The Morgan fingerprint density at radius 1 is 1.32 bits per heavy atom. The number of aromatic amines is 1. The molecular weight excluding hydrogens is 555 g/mol. The number of carbonyl (C=O) groups excluding carboxylic acids is 1. The van der Waals surface area contributed by atoms with Gasteiger partial charge in [0, 0.05) is 6.20 Å². The summed E-state index contributed by atoms with van der Waals surface area (Å²) in [5, 5.41) is 2.49. The molecule has 0 aliphatic carbocycles. The minimum atomic E-state index is -3.61. The average Bonchev–Trinajstić information content (AvgIpc) is 3.26. The fraction of sp³-hybridized carbons (Fsp3) is 0.500. The van der Waals surface area contributed by atoms with E-state index in [-0.39, 0.29) is 24.0 Å². The number of aromatic nitrogens is 2. The smallest absolute Gasteiger partial charge is 0.330 e. The van der Waals surface area contributed by atoms with Crippen LogP contribution in [0.25, 0.3) is 0 Å². The summed E-state index contributed by atoms with van der Waals surface area (Å²) >= 11 is 11.4. The lowest BCUT2D eigenvalue weighted by atomic mass is 10.0. The Balaban J connectivity index is 1.83. The third kappa shape index (κ3) is 7.46. The summed E-state index contributed by atoms with van der Waals surface area (Å²) in [6, 6.07) is 7.34. The van der Waals surface area contributed by atoms with Crippen molar-refractivity contribution in [3.05, 3.63) is 62.4 Å². The van der Waals surface area contributed by atoms with Gasteiger partial charge in [0.05, 0.1) is 12.7 Å². The minimum absolute atomic E-state index is 0.00292. The van der Waals surface area contributed by atoms with Crippen molar-refractivity contribution in [2.45, 2.75) is 64.0 Å². The maximum Gasteiger partial charge on any atom is 0.330 e. The van der Waals surface area contributed by atoms with Crippen LogP contribution >= 0.6 is 18.2 Å². The molecule has 1 aliphatic rings. The molecule has 10 nitrogen and oxygen atoms in total. The number of para-hydroxylation sites is 1. The number of hydrogen-bond acceptors (Lipinski definition) is 8. The van der Waals surface area contributed by atoms with E-state index in [1.165, 1.54) is 6.92 Å². The first-order valence-corrected chi connectivity index (χ1v) is 14.3. The molecule has 15 heteroatoms. The summed E-state index contributed by atoms with van der Waals surface area (Å²) in [7, 11) is 0. The number of nitrogens with zero attached hydrogens (tertiary/aromatic N) is 1. The van der Waals surface area contributed by atoms with Gasteiger partial charge in [-0.05, 0) is 57.6 Å². The van der Waals surface area contributed by atoms with Crippen LogP contribution < -0.4 is 20.9 Å². The lowest BCUT2D eigenvalue weighted by Gasteiger charge is -2.32. The van der Waals surface area contributed by atoms with E-state index in [1.54, 1.807) is 44.2 Å². The molecule has 1 fully saturated rings. The Bertz CT molecular complexity index is 1260. The van der Waals surface area contributed by atoms with Crippen LogP contribution in [0.3, 0.4) is 0 Å². The Labute approximate surface area is 221 Å². The van der Waals surface area contributed by atoms with Gasteiger partial charge in [-0.3, -0.25) is 19.1 Å². The van der Waals surface area contributed by atoms with E-state index >= 15 is 0 Å². The second-order valence-corrected chi connectivity index (χ2v) is 12.2. The molecule has 0 bridgehead atoms. The van der Waals surface area contributed by atoms with Gasteiger partial charge in [0.2, 0.25) is 0 Å². The Hall–Kier alpha value is -2.15. The van der Waals surface area contributed by atoms with Gasteiger partial charge in [0.1, 0.15) is 23.0 Å². The monoisotopic (exact) mass is 581 g/mol. The number of ether oxygens (including phenoxy) is 2. The van der Waals surface area contributed by atoms with E-state index in [4.69, 9.17) is 41.9 Å². The third-order valence-corrected chi connectivity index (χ3v) is 8.07. The summed E-state index contributed by atoms with van der Waals surface area (Å²) in [6.07, 6.45) is -3.73. The molecule has 0 radical (unpaired) electrons. The van der Waals surface area contributed by atoms with E-state index in [9.17, 15) is 23.2 Å². The molecule has 4 atom stereocenters. The number of halogens is 3. The van der Waals surface area contributed by atoms with Crippen molar-refractivity contribution in [1.82, 2.24) is 14.6 Å². The molecule has 0 amide bonds. The highest BCUT2D eigenvalue weighted by molar-refractivity contribution is 8.09. The average molecular weight is 582 g/mol. The number of carbonyl (C=O) groups is 1.